The molecule has 1 aromatic rings. The predicted octanol–water partition coefficient (Wildman–Crippen LogP) is 1.36. The molecule has 80 valence electrons. The molecule has 0 aromatic carbocycles. The van der Waals surface area contributed by atoms with Crippen LogP contribution in [0.15, 0.2) is 12.3 Å². The fourth-order valence-corrected chi connectivity index (χ4v) is 1.46. The van der Waals surface area contributed by atoms with Crippen molar-refractivity contribution in [1.82, 2.24) is 15.2 Å². The van der Waals surface area contributed by atoms with E-state index >= 15 is 0 Å². The molecule has 4 nitrogen and oxygen atoms in total. The lowest BCUT2D eigenvalue weighted by molar-refractivity contribution is 0.399. The van der Waals surface area contributed by atoms with Gasteiger partial charge in [-0.15, -0.1) is 0 Å². The maximum Gasteiger partial charge on any atom is 0.0807 e. The highest BCUT2D eigenvalue weighted by Gasteiger charge is 2.14. The molecule has 0 bridgehead atoms. The van der Waals surface area contributed by atoms with Crippen molar-refractivity contribution in [2.75, 3.05) is 0 Å². The maximum atomic E-state index is 5.52. The lowest BCUT2D eigenvalue weighted by atomic mass is 9.98. The molecule has 0 aliphatic heterocycles. The SMILES string of the molecule is CCC(C)CC(NN)c1ccn(C)n1. The molecule has 0 saturated carbocycles. The quantitative estimate of drug-likeness (QED) is 0.552. The molecule has 1 aromatic heterocycles. The highest BCUT2D eigenvalue weighted by Crippen LogP contribution is 2.20. The zero-order valence-electron chi connectivity index (χ0n) is 9.20. The van der Waals surface area contributed by atoms with Gasteiger partial charge in [0.15, 0.2) is 0 Å². The summed E-state index contributed by atoms with van der Waals surface area (Å²) in [7, 11) is 1.92. The molecule has 0 radical (unpaired) electrons. The van der Waals surface area contributed by atoms with Crippen molar-refractivity contribution in [2.45, 2.75) is 32.7 Å². The predicted molar refractivity (Wildman–Crippen MR) is 57.3 cm³/mol. The summed E-state index contributed by atoms with van der Waals surface area (Å²) in [5.74, 6) is 6.18. The van der Waals surface area contributed by atoms with Crippen LogP contribution in [0.3, 0.4) is 0 Å². The van der Waals surface area contributed by atoms with Crippen molar-refractivity contribution in [3.8, 4) is 0 Å². The number of aryl methyl sites for hydroxylation is 1. The number of rotatable bonds is 5. The topological polar surface area (TPSA) is 55.9 Å². The Balaban J connectivity index is 2.62. The number of nitrogens with one attached hydrogen (secondary N) is 1. The third kappa shape index (κ3) is 2.82. The normalized spacial score (nSPS) is 15.4. The van der Waals surface area contributed by atoms with Gasteiger partial charge in [0.1, 0.15) is 0 Å². The second-order valence-electron chi connectivity index (χ2n) is 3.88. The average molecular weight is 196 g/mol. The summed E-state index contributed by atoms with van der Waals surface area (Å²) in [6.07, 6.45) is 4.14. The van der Waals surface area contributed by atoms with E-state index < -0.39 is 0 Å². The van der Waals surface area contributed by atoms with Gasteiger partial charge in [-0.3, -0.25) is 16.0 Å². The van der Waals surface area contributed by atoms with Crippen molar-refractivity contribution in [2.24, 2.45) is 18.8 Å². The summed E-state index contributed by atoms with van der Waals surface area (Å²) in [6.45, 7) is 4.42. The fraction of sp³-hybridized carbons (Fsp3) is 0.700. The molecule has 0 saturated heterocycles. The van der Waals surface area contributed by atoms with Gasteiger partial charge < -0.3 is 0 Å². The minimum absolute atomic E-state index is 0.172. The molecule has 3 N–H and O–H groups in total. The number of hydrazine groups is 1. The van der Waals surface area contributed by atoms with E-state index in [0.29, 0.717) is 5.92 Å². The van der Waals surface area contributed by atoms with Crippen molar-refractivity contribution in [1.29, 1.82) is 0 Å². The summed E-state index contributed by atoms with van der Waals surface area (Å²) in [6, 6.07) is 2.18. The van der Waals surface area contributed by atoms with Gasteiger partial charge in [-0.25, -0.2) is 0 Å². The van der Waals surface area contributed by atoms with Gasteiger partial charge in [-0.05, 0) is 18.4 Å². The molecular weight excluding hydrogens is 176 g/mol. The van der Waals surface area contributed by atoms with Gasteiger partial charge in [0.25, 0.3) is 0 Å². The van der Waals surface area contributed by atoms with Crippen molar-refractivity contribution in [3.05, 3.63) is 18.0 Å². The van der Waals surface area contributed by atoms with Crippen LogP contribution < -0.4 is 11.3 Å². The van der Waals surface area contributed by atoms with Crippen molar-refractivity contribution < 1.29 is 0 Å². The first kappa shape index (κ1) is 11.2. The second-order valence-corrected chi connectivity index (χ2v) is 3.88. The van der Waals surface area contributed by atoms with Crippen LogP contribution >= 0.6 is 0 Å². The number of nitrogens with zero attached hydrogens (tertiary/aromatic N) is 2. The Morgan fingerprint density at radius 2 is 2.36 bits per heavy atom. The highest BCUT2D eigenvalue weighted by atomic mass is 15.3. The van der Waals surface area contributed by atoms with Crippen LogP contribution in [-0.2, 0) is 7.05 Å². The standard InChI is InChI=1S/C10H20N4/c1-4-8(2)7-10(12-11)9-5-6-14(3)13-9/h5-6,8,10,12H,4,7,11H2,1-3H3. The van der Waals surface area contributed by atoms with E-state index in [4.69, 9.17) is 5.84 Å². The van der Waals surface area contributed by atoms with Crippen LogP contribution in [0.5, 0.6) is 0 Å². The Hall–Kier alpha value is -0.870. The Morgan fingerprint density at radius 3 is 2.79 bits per heavy atom. The van der Waals surface area contributed by atoms with Gasteiger partial charge in [-0.1, -0.05) is 20.3 Å². The number of aromatic nitrogens is 2. The van der Waals surface area contributed by atoms with Gasteiger partial charge in [0, 0.05) is 13.2 Å². The van der Waals surface area contributed by atoms with E-state index in [2.05, 4.69) is 24.4 Å². The molecule has 0 aliphatic carbocycles. The van der Waals surface area contributed by atoms with Crippen LogP contribution in [0.2, 0.25) is 0 Å². The van der Waals surface area contributed by atoms with Crippen LogP contribution in [-0.4, -0.2) is 9.78 Å². The average Bonchev–Trinajstić information content (AvgIpc) is 2.60. The van der Waals surface area contributed by atoms with Gasteiger partial charge in [-0.2, -0.15) is 5.10 Å². The first-order valence-electron chi connectivity index (χ1n) is 5.13. The molecule has 0 spiro atoms. The second kappa shape index (κ2) is 5.12. The van der Waals surface area contributed by atoms with E-state index in [-0.39, 0.29) is 6.04 Å². The Bertz CT molecular complexity index is 269. The van der Waals surface area contributed by atoms with Gasteiger partial charge >= 0.3 is 0 Å². The zero-order valence-corrected chi connectivity index (χ0v) is 9.20. The lowest BCUT2D eigenvalue weighted by Crippen LogP contribution is -2.29. The molecule has 1 rings (SSSR count). The Kier molecular flexibility index (Phi) is 4.10. The molecule has 14 heavy (non-hydrogen) atoms. The molecular formula is C10H20N4. The maximum absolute atomic E-state index is 5.52. The first-order chi connectivity index (χ1) is 6.67. The van der Waals surface area contributed by atoms with Gasteiger partial charge in [0.05, 0.1) is 11.7 Å². The van der Waals surface area contributed by atoms with Crippen LogP contribution in [0.1, 0.15) is 38.4 Å². The van der Waals surface area contributed by atoms with E-state index in [1.54, 1.807) is 4.68 Å². The molecule has 0 aliphatic rings. The summed E-state index contributed by atoms with van der Waals surface area (Å²) >= 11 is 0. The molecule has 2 atom stereocenters. The van der Waals surface area contributed by atoms with Crippen molar-refractivity contribution in [3.63, 3.8) is 0 Å². The van der Waals surface area contributed by atoms with E-state index in [1.165, 1.54) is 6.42 Å². The number of hydrogen-bond acceptors (Lipinski definition) is 3. The Morgan fingerprint density at radius 1 is 1.64 bits per heavy atom. The Labute approximate surface area is 85.5 Å². The van der Waals surface area contributed by atoms with E-state index in [9.17, 15) is 0 Å². The zero-order chi connectivity index (χ0) is 10.6. The minimum atomic E-state index is 0.172. The van der Waals surface area contributed by atoms with Crippen LogP contribution in [0, 0.1) is 5.92 Å². The largest absolute Gasteiger partial charge is 0.275 e. The fourth-order valence-electron chi connectivity index (χ4n) is 1.46. The van der Waals surface area contributed by atoms with E-state index in [1.807, 2.05) is 19.3 Å². The highest BCUT2D eigenvalue weighted by molar-refractivity contribution is 5.05. The number of hydrogen-bond donors (Lipinski definition) is 2. The molecule has 0 fully saturated rings. The summed E-state index contributed by atoms with van der Waals surface area (Å²) < 4.78 is 1.80. The van der Waals surface area contributed by atoms with Gasteiger partial charge in [0.2, 0.25) is 0 Å². The molecule has 1 heterocycles. The third-order valence-corrected chi connectivity index (χ3v) is 2.63. The smallest absolute Gasteiger partial charge is 0.0807 e. The molecule has 4 heteroatoms. The van der Waals surface area contributed by atoms with E-state index in [0.717, 1.165) is 12.1 Å². The van der Waals surface area contributed by atoms with Crippen LogP contribution in [0.4, 0.5) is 0 Å². The third-order valence-electron chi connectivity index (χ3n) is 2.63. The lowest BCUT2D eigenvalue weighted by Gasteiger charge is -2.17. The molecule has 0 amide bonds. The summed E-state index contributed by atoms with van der Waals surface area (Å²) in [5.41, 5.74) is 3.84. The summed E-state index contributed by atoms with van der Waals surface area (Å²) in [4.78, 5) is 0. The minimum Gasteiger partial charge on any atom is -0.275 e. The molecule has 2 unspecified atom stereocenters. The summed E-state index contributed by atoms with van der Waals surface area (Å²) in [5, 5.41) is 4.34. The first-order valence-corrected chi connectivity index (χ1v) is 5.13. The van der Waals surface area contributed by atoms with Crippen molar-refractivity contribution >= 4 is 0 Å². The van der Waals surface area contributed by atoms with Crippen LogP contribution in [0.25, 0.3) is 0 Å². The number of nitrogens with two attached hydrogens (primary N) is 1. The monoisotopic (exact) mass is 196 g/mol.